The maximum atomic E-state index is 12.6. The van der Waals surface area contributed by atoms with Gasteiger partial charge in [0.25, 0.3) is 5.91 Å². The van der Waals surface area contributed by atoms with Gasteiger partial charge in [-0.2, -0.15) is 0 Å². The van der Waals surface area contributed by atoms with E-state index in [1.807, 2.05) is 23.1 Å². The molecule has 1 aromatic carbocycles. The summed E-state index contributed by atoms with van der Waals surface area (Å²) in [5.74, 6) is 0.643. The first-order valence-corrected chi connectivity index (χ1v) is 10.0. The van der Waals surface area contributed by atoms with E-state index in [1.165, 1.54) is 5.56 Å². The van der Waals surface area contributed by atoms with E-state index in [-0.39, 0.29) is 11.3 Å². The van der Waals surface area contributed by atoms with E-state index >= 15 is 0 Å². The van der Waals surface area contributed by atoms with Gasteiger partial charge in [0.2, 0.25) is 0 Å². The number of nitrogens with zero attached hydrogens (tertiary/aromatic N) is 3. The van der Waals surface area contributed by atoms with Crippen LogP contribution in [0.25, 0.3) is 0 Å². The molecule has 1 aromatic heterocycles. The summed E-state index contributed by atoms with van der Waals surface area (Å²) in [6.45, 7) is 8.69. The highest BCUT2D eigenvalue weighted by Crippen LogP contribution is 2.43. The second kappa shape index (κ2) is 7.43. The van der Waals surface area contributed by atoms with Crippen LogP contribution in [0, 0.1) is 5.41 Å². The van der Waals surface area contributed by atoms with Crippen LogP contribution < -0.4 is 0 Å². The van der Waals surface area contributed by atoms with Crippen LogP contribution >= 0.6 is 0 Å². The predicted octanol–water partition coefficient (Wildman–Crippen LogP) is 3.81. The molecule has 4 nitrogen and oxygen atoms in total. The second-order valence-electron chi connectivity index (χ2n) is 8.62. The van der Waals surface area contributed by atoms with Crippen LogP contribution in [0.3, 0.4) is 0 Å². The fraction of sp³-hybridized carbons (Fsp3) is 0.478. The third-order valence-electron chi connectivity index (χ3n) is 6.33. The van der Waals surface area contributed by atoms with Gasteiger partial charge in [-0.1, -0.05) is 50.2 Å². The van der Waals surface area contributed by atoms with Crippen molar-refractivity contribution in [3.8, 4) is 0 Å². The van der Waals surface area contributed by atoms with Crippen LogP contribution in [0.5, 0.6) is 0 Å². The molecule has 142 valence electrons. The second-order valence-corrected chi connectivity index (χ2v) is 8.62. The number of aromatic nitrogens is 1. The molecule has 2 aliphatic rings. The molecular weight excluding hydrogens is 334 g/mol. The Morgan fingerprint density at radius 2 is 1.74 bits per heavy atom. The van der Waals surface area contributed by atoms with E-state index in [1.54, 1.807) is 6.20 Å². The topological polar surface area (TPSA) is 36.4 Å². The SMILES string of the molecule is CC1(C)CN(C2CCN(C(=O)c3ccccn3)CC2)C[C@H]1c1ccccc1. The zero-order valence-electron chi connectivity index (χ0n) is 16.3. The van der Waals surface area contributed by atoms with E-state index in [0.717, 1.165) is 39.0 Å². The highest BCUT2D eigenvalue weighted by Gasteiger charge is 2.43. The van der Waals surface area contributed by atoms with E-state index < -0.39 is 0 Å². The molecule has 2 aromatic rings. The lowest BCUT2D eigenvalue weighted by Gasteiger charge is -2.37. The Bertz CT molecular complexity index is 767. The van der Waals surface area contributed by atoms with Gasteiger partial charge in [-0.05, 0) is 36.0 Å². The average molecular weight is 364 g/mol. The minimum Gasteiger partial charge on any atom is -0.337 e. The summed E-state index contributed by atoms with van der Waals surface area (Å²) in [6, 6.07) is 17.0. The molecule has 2 fully saturated rings. The molecular formula is C23H29N3O. The van der Waals surface area contributed by atoms with Crippen molar-refractivity contribution in [3.63, 3.8) is 0 Å². The summed E-state index contributed by atoms with van der Waals surface area (Å²) < 4.78 is 0. The normalized spacial score (nSPS) is 23.5. The van der Waals surface area contributed by atoms with Gasteiger partial charge in [0.05, 0.1) is 0 Å². The highest BCUT2D eigenvalue weighted by atomic mass is 16.2. The summed E-state index contributed by atoms with van der Waals surface area (Å²) in [6.07, 6.45) is 3.79. The molecule has 0 radical (unpaired) electrons. The largest absolute Gasteiger partial charge is 0.337 e. The fourth-order valence-corrected chi connectivity index (χ4v) is 4.79. The molecule has 0 saturated carbocycles. The number of carbonyl (C=O) groups excluding carboxylic acids is 1. The Hall–Kier alpha value is -2.20. The first-order valence-electron chi connectivity index (χ1n) is 10.0. The molecule has 0 N–H and O–H groups in total. The molecule has 2 aliphatic heterocycles. The van der Waals surface area contributed by atoms with Crippen LogP contribution in [0.15, 0.2) is 54.7 Å². The molecule has 2 saturated heterocycles. The Kier molecular flexibility index (Phi) is 5.00. The Balaban J connectivity index is 1.38. The molecule has 0 spiro atoms. The Morgan fingerprint density at radius 1 is 1.04 bits per heavy atom. The number of carbonyl (C=O) groups is 1. The molecule has 0 unspecified atom stereocenters. The molecule has 3 heterocycles. The van der Waals surface area contributed by atoms with Gasteiger partial charge in [-0.15, -0.1) is 0 Å². The zero-order chi connectivity index (χ0) is 18.9. The first-order chi connectivity index (χ1) is 13.0. The Morgan fingerprint density at radius 3 is 2.41 bits per heavy atom. The first kappa shape index (κ1) is 18.2. The molecule has 0 aliphatic carbocycles. The van der Waals surface area contributed by atoms with Crippen molar-refractivity contribution in [1.82, 2.24) is 14.8 Å². The van der Waals surface area contributed by atoms with Crippen LogP contribution in [0.1, 0.15) is 48.7 Å². The number of amides is 1. The lowest BCUT2D eigenvalue weighted by atomic mass is 9.78. The molecule has 27 heavy (non-hydrogen) atoms. The molecule has 4 rings (SSSR count). The monoisotopic (exact) mass is 363 g/mol. The molecule has 4 heteroatoms. The van der Waals surface area contributed by atoms with Gasteiger partial charge >= 0.3 is 0 Å². The number of benzene rings is 1. The summed E-state index contributed by atoms with van der Waals surface area (Å²) in [7, 11) is 0. The van der Waals surface area contributed by atoms with Crippen molar-refractivity contribution in [2.24, 2.45) is 5.41 Å². The number of hydrogen-bond donors (Lipinski definition) is 0. The predicted molar refractivity (Wildman–Crippen MR) is 108 cm³/mol. The highest BCUT2D eigenvalue weighted by molar-refractivity contribution is 5.92. The van der Waals surface area contributed by atoms with E-state index in [9.17, 15) is 4.79 Å². The van der Waals surface area contributed by atoms with Crippen molar-refractivity contribution in [1.29, 1.82) is 0 Å². The summed E-state index contributed by atoms with van der Waals surface area (Å²) in [5.41, 5.74) is 2.29. The fourth-order valence-electron chi connectivity index (χ4n) is 4.79. The van der Waals surface area contributed by atoms with Gasteiger partial charge in [0.1, 0.15) is 5.69 Å². The van der Waals surface area contributed by atoms with Gasteiger partial charge in [-0.3, -0.25) is 14.7 Å². The van der Waals surface area contributed by atoms with Crippen molar-refractivity contribution in [2.45, 2.75) is 38.6 Å². The molecule has 1 atom stereocenters. The van der Waals surface area contributed by atoms with Crippen LogP contribution in [0.2, 0.25) is 0 Å². The summed E-state index contributed by atoms with van der Waals surface area (Å²) >= 11 is 0. The van der Waals surface area contributed by atoms with Crippen LogP contribution in [-0.2, 0) is 0 Å². The maximum absolute atomic E-state index is 12.6. The van der Waals surface area contributed by atoms with Gasteiger partial charge in [0, 0.05) is 44.3 Å². The lowest BCUT2D eigenvalue weighted by molar-refractivity contribution is 0.0629. The Labute approximate surface area is 162 Å². The van der Waals surface area contributed by atoms with Crippen molar-refractivity contribution >= 4 is 5.91 Å². The quantitative estimate of drug-likeness (QED) is 0.832. The van der Waals surface area contributed by atoms with Crippen LogP contribution in [-0.4, -0.2) is 52.9 Å². The number of piperidine rings is 1. The third-order valence-corrected chi connectivity index (χ3v) is 6.33. The maximum Gasteiger partial charge on any atom is 0.272 e. The van der Waals surface area contributed by atoms with E-state index in [2.05, 4.69) is 54.1 Å². The van der Waals surface area contributed by atoms with Crippen molar-refractivity contribution < 1.29 is 4.79 Å². The third kappa shape index (κ3) is 3.77. The smallest absolute Gasteiger partial charge is 0.272 e. The zero-order valence-corrected chi connectivity index (χ0v) is 16.3. The standard InChI is InChI=1S/C23H29N3O/c1-23(2)17-26(16-20(23)18-8-4-3-5-9-18)19-11-14-25(15-12-19)22(27)21-10-6-7-13-24-21/h3-10,13,19-20H,11-12,14-17H2,1-2H3/t20-/m0/s1. The summed E-state index contributed by atoms with van der Waals surface area (Å²) in [5, 5.41) is 0. The lowest BCUT2D eigenvalue weighted by Crippen LogP contribution is -2.46. The number of rotatable bonds is 3. The average Bonchev–Trinajstić information content (AvgIpc) is 3.04. The minimum absolute atomic E-state index is 0.0676. The van der Waals surface area contributed by atoms with Crippen LogP contribution in [0.4, 0.5) is 0 Å². The van der Waals surface area contributed by atoms with E-state index in [4.69, 9.17) is 0 Å². The van der Waals surface area contributed by atoms with Crippen molar-refractivity contribution in [2.75, 3.05) is 26.2 Å². The van der Waals surface area contributed by atoms with E-state index in [0.29, 0.717) is 17.7 Å². The molecule has 0 bridgehead atoms. The number of pyridine rings is 1. The van der Waals surface area contributed by atoms with Crippen molar-refractivity contribution in [3.05, 3.63) is 66.0 Å². The summed E-state index contributed by atoms with van der Waals surface area (Å²) in [4.78, 5) is 21.5. The molecule has 1 amide bonds. The van der Waals surface area contributed by atoms with Gasteiger partial charge < -0.3 is 4.90 Å². The van der Waals surface area contributed by atoms with Gasteiger partial charge in [-0.25, -0.2) is 0 Å². The number of hydrogen-bond acceptors (Lipinski definition) is 3. The number of likely N-dealkylation sites (tertiary alicyclic amines) is 2. The van der Waals surface area contributed by atoms with Gasteiger partial charge in [0.15, 0.2) is 0 Å². The minimum atomic E-state index is 0.0676.